The van der Waals surface area contributed by atoms with Crippen molar-refractivity contribution in [3.63, 3.8) is 0 Å². The van der Waals surface area contributed by atoms with E-state index in [1.165, 1.54) is 19.2 Å². The van der Waals surface area contributed by atoms with E-state index in [9.17, 15) is 19.2 Å². The third-order valence-corrected chi connectivity index (χ3v) is 5.57. The van der Waals surface area contributed by atoms with Crippen LogP contribution in [-0.2, 0) is 28.7 Å². The number of amides is 3. The van der Waals surface area contributed by atoms with Gasteiger partial charge in [0.15, 0.2) is 10.8 Å². The van der Waals surface area contributed by atoms with Gasteiger partial charge in [0.25, 0.3) is 5.91 Å². The average molecular weight is 570 g/mol. The van der Waals surface area contributed by atoms with E-state index in [4.69, 9.17) is 20.0 Å². The van der Waals surface area contributed by atoms with E-state index < -0.39 is 40.8 Å². The first kappa shape index (κ1) is 31.9. The van der Waals surface area contributed by atoms with Crippen LogP contribution in [0.3, 0.4) is 0 Å². The lowest BCUT2D eigenvalue weighted by Crippen LogP contribution is -2.72. The molecular formula is C24H39N7O7S. The molecule has 1 fully saturated rings. The van der Waals surface area contributed by atoms with Crippen LogP contribution in [0.15, 0.2) is 10.5 Å². The highest BCUT2D eigenvalue weighted by atomic mass is 32.1. The number of carbonyl (C=O) groups excluding carboxylic acids is 4. The first-order valence-corrected chi connectivity index (χ1v) is 13.3. The van der Waals surface area contributed by atoms with Gasteiger partial charge in [-0.05, 0) is 55.4 Å². The molecule has 1 aliphatic rings. The maximum absolute atomic E-state index is 13.3. The molecule has 15 heteroatoms. The number of anilines is 1. The molecule has 1 aromatic heterocycles. The number of β-lactam (4-membered cyclic amide) rings is 1. The van der Waals surface area contributed by atoms with Gasteiger partial charge in [0, 0.05) is 25.0 Å². The van der Waals surface area contributed by atoms with Crippen molar-refractivity contribution in [2.24, 2.45) is 10.9 Å². The van der Waals surface area contributed by atoms with Crippen LogP contribution in [0.4, 0.5) is 9.93 Å². The second-order valence-corrected chi connectivity index (χ2v) is 12.1. The number of nitrogens with one attached hydrogen (secondary N) is 4. The van der Waals surface area contributed by atoms with Crippen LogP contribution in [0.5, 0.6) is 0 Å². The minimum Gasteiger partial charge on any atom is -0.457 e. The summed E-state index contributed by atoms with van der Waals surface area (Å²) in [6, 6.07) is -1.21. The van der Waals surface area contributed by atoms with Gasteiger partial charge < -0.3 is 36.0 Å². The van der Waals surface area contributed by atoms with E-state index >= 15 is 0 Å². The van der Waals surface area contributed by atoms with Gasteiger partial charge in [-0.1, -0.05) is 5.16 Å². The summed E-state index contributed by atoms with van der Waals surface area (Å²) in [5.41, 5.74) is 2.15. The molecule has 0 aromatic carbocycles. The first-order chi connectivity index (χ1) is 17.9. The van der Waals surface area contributed by atoms with Gasteiger partial charge in [-0.3, -0.25) is 14.9 Å². The summed E-state index contributed by atoms with van der Waals surface area (Å²) in [5, 5.41) is 16.5. The summed E-state index contributed by atoms with van der Waals surface area (Å²) in [6.45, 7) is 14.5. The Hall–Kier alpha value is -3.30. The number of nitrogens with two attached hydrogens (primary N) is 1. The van der Waals surface area contributed by atoms with Gasteiger partial charge >= 0.3 is 12.1 Å². The fourth-order valence-corrected chi connectivity index (χ4v) is 3.66. The predicted molar refractivity (Wildman–Crippen MR) is 145 cm³/mol. The van der Waals surface area contributed by atoms with Crippen LogP contribution in [0.2, 0.25) is 0 Å². The molecule has 218 valence electrons. The number of rotatable bonds is 11. The van der Waals surface area contributed by atoms with Crippen molar-refractivity contribution in [2.45, 2.75) is 84.3 Å². The second-order valence-electron chi connectivity index (χ2n) is 11.3. The van der Waals surface area contributed by atoms with Gasteiger partial charge in [-0.2, -0.15) is 0 Å². The summed E-state index contributed by atoms with van der Waals surface area (Å²) in [7, 11) is 0. The molecule has 3 amide bonds. The van der Waals surface area contributed by atoms with Crippen LogP contribution < -0.4 is 27.0 Å². The first-order valence-electron chi connectivity index (χ1n) is 12.4. The van der Waals surface area contributed by atoms with Crippen molar-refractivity contribution in [1.29, 1.82) is 0 Å². The summed E-state index contributed by atoms with van der Waals surface area (Å²) in [4.78, 5) is 60.0. The number of ether oxygens (including phenoxy) is 2. The molecule has 2 heterocycles. The number of aromatic nitrogens is 1. The van der Waals surface area contributed by atoms with Crippen LogP contribution in [0.1, 0.15) is 61.1 Å². The zero-order valence-corrected chi connectivity index (χ0v) is 24.4. The molecule has 1 saturated heterocycles. The number of thiazole rings is 1. The summed E-state index contributed by atoms with van der Waals surface area (Å²) < 4.78 is 10.6. The van der Waals surface area contributed by atoms with E-state index in [0.717, 1.165) is 11.3 Å². The maximum atomic E-state index is 13.3. The lowest BCUT2D eigenvalue weighted by Gasteiger charge is -2.37. The Morgan fingerprint density at radius 3 is 2.31 bits per heavy atom. The number of carbonyl (C=O) groups is 4. The lowest BCUT2D eigenvalue weighted by atomic mass is 9.98. The third kappa shape index (κ3) is 10.1. The molecule has 0 radical (unpaired) electrons. The molecular weight excluding hydrogens is 530 g/mol. The summed E-state index contributed by atoms with van der Waals surface area (Å²) >= 11 is 1.02. The Morgan fingerprint density at radius 1 is 1.10 bits per heavy atom. The smallest absolute Gasteiger partial charge is 0.413 e. The monoisotopic (exact) mass is 569 g/mol. The normalized spacial score (nSPS) is 18.0. The molecule has 1 aliphatic heterocycles. The Balaban J connectivity index is 2.28. The maximum Gasteiger partial charge on any atom is 0.413 e. The highest BCUT2D eigenvalue weighted by Crippen LogP contribution is 2.21. The van der Waals surface area contributed by atoms with Crippen molar-refractivity contribution in [3.8, 4) is 0 Å². The van der Waals surface area contributed by atoms with Crippen molar-refractivity contribution in [3.05, 3.63) is 11.1 Å². The van der Waals surface area contributed by atoms with E-state index in [1.807, 2.05) is 0 Å². The largest absolute Gasteiger partial charge is 0.457 e. The summed E-state index contributed by atoms with van der Waals surface area (Å²) in [6.07, 6.45) is -0.729. The molecule has 0 unspecified atom stereocenters. The Labute approximate surface area is 231 Å². The fourth-order valence-electron chi connectivity index (χ4n) is 2.98. The topological polar surface area (TPSA) is 195 Å². The standard InChI is InChI=1S/C24H39N7O7S/c1-22(2,3)36-19(34)24(7,8)38-31-16(14-12-39-20(28-14)30-21(35)37-23(4,5)6)18(33)29-15-13(27-17(15)32)11-26-10-9-25/h12-13,15,26H,9-11,25H2,1-8H3,(H,27,32)(H,29,33)(H,28,30,35)/b31-16+/t13-,15+/m1/s1. The fraction of sp³-hybridized carbons (Fsp3) is 0.667. The van der Waals surface area contributed by atoms with Gasteiger partial charge in [0.05, 0.1) is 6.04 Å². The molecule has 14 nitrogen and oxygen atoms in total. The SMILES string of the molecule is CC(C)(C)OC(=O)Nc1nc(/C(=N\OC(C)(C)C(=O)OC(C)(C)C)C(=O)N[C@@H]2C(=O)N[C@@H]2CNCCN)cs1. The molecule has 39 heavy (non-hydrogen) atoms. The Kier molecular flexibility index (Phi) is 10.4. The number of nitrogens with zero attached hydrogens (tertiary/aromatic N) is 2. The number of hydrogen-bond acceptors (Lipinski definition) is 12. The van der Waals surface area contributed by atoms with Crippen molar-refractivity contribution in [2.75, 3.05) is 25.0 Å². The van der Waals surface area contributed by atoms with Crippen molar-refractivity contribution in [1.82, 2.24) is 20.9 Å². The van der Waals surface area contributed by atoms with Crippen LogP contribution in [0.25, 0.3) is 0 Å². The second kappa shape index (κ2) is 12.7. The number of hydrogen-bond donors (Lipinski definition) is 5. The lowest BCUT2D eigenvalue weighted by molar-refractivity contribution is -0.179. The van der Waals surface area contributed by atoms with Crippen LogP contribution in [-0.4, -0.2) is 83.1 Å². The Morgan fingerprint density at radius 2 is 1.74 bits per heavy atom. The zero-order chi connectivity index (χ0) is 29.6. The minimum absolute atomic E-state index is 0.0427. The van der Waals surface area contributed by atoms with E-state index in [2.05, 4.69) is 31.4 Å². The average Bonchev–Trinajstić information content (AvgIpc) is 3.22. The number of esters is 1. The quantitative estimate of drug-likeness (QED) is 0.0838. The van der Waals surface area contributed by atoms with E-state index in [-0.39, 0.29) is 28.5 Å². The molecule has 0 bridgehead atoms. The van der Waals surface area contributed by atoms with Gasteiger partial charge in [-0.25, -0.2) is 14.6 Å². The van der Waals surface area contributed by atoms with Gasteiger partial charge in [-0.15, -0.1) is 11.3 Å². The van der Waals surface area contributed by atoms with E-state index in [0.29, 0.717) is 19.6 Å². The third-order valence-electron chi connectivity index (χ3n) is 4.81. The highest BCUT2D eigenvalue weighted by molar-refractivity contribution is 7.14. The molecule has 0 aliphatic carbocycles. The Bertz CT molecular complexity index is 1090. The predicted octanol–water partition coefficient (Wildman–Crippen LogP) is 0.863. The van der Waals surface area contributed by atoms with Crippen molar-refractivity contribution < 1.29 is 33.5 Å². The highest BCUT2D eigenvalue weighted by Gasteiger charge is 2.41. The zero-order valence-electron chi connectivity index (χ0n) is 23.6. The van der Waals surface area contributed by atoms with Gasteiger partial charge in [0.2, 0.25) is 11.5 Å². The van der Waals surface area contributed by atoms with E-state index in [1.54, 1.807) is 41.5 Å². The molecule has 1 aromatic rings. The van der Waals surface area contributed by atoms with Crippen LogP contribution in [0, 0.1) is 0 Å². The molecule has 0 saturated carbocycles. The van der Waals surface area contributed by atoms with Crippen LogP contribution >= 0.6 is 11.3 Å². The van der Waals surface area contributed by atoms with Gasteiger partial charge in [0.1, 0.15) is 22.9 Å². The molecule has 0 spiro atoms. The number of oxime groups is 1. The molecule has 2 atom stereocenters. The van der Waals surface area contributed by atoms with Crippen molar-refractivity contribution >= 4 is 46.1 Å². The minimum atomic E-state index is -1.56. The molecule has 2 rings (SSSR count). The summed E-state index contributed by atoms with van der Waals surface area (Å²) in [5.74, 6) is -1.84. The molecule has 6 N–H and O–H groups in total.